The molecule has 5 rings (SSSR count). The molecule has 0 unspecified atom stereocenters. The van der Waals surface area contributed by atoms with Crippen LogP contribution >= 0.6 is 0 Å². The number of fused-ring (bicyclic) bond motifs is 1. The van der Waals surface area contributed by atoms with Gasteiger partial charge in [-0.3, -0.25) is 14.7 Å². The van der Waals surface area contributed by atoms with Gasteiger partial charge in [0.05, 0.1) is 17.6 Å². The van der Waals surface area contributed by atoms with Gasteiger partial charge in [-0.25, -0.2) is 4.39 Å². The van der Waals surface area contributed by atoms with E-state index in [9.17, 15) is 22.4 Å². The van der Waals surface area contributed by atoms with E-state index in [4.69, 9.17) is 0 Å². The van der Waals surface area contributed by atoms with E-state index in [1.807, 2.05) is 36.4 Å². The second kappa shape index (κ2) is 10.2. The number of hydrogen-bond acceptors (Lipinski definition) is 5. The van der Waals surface area contributed by atoms with E-state index in [1.54, 1.807) is 15.9 Å². The molecular weight excluding hydrogens is 488 g/mol. The maximum absolute atomic E-state index is 13.3. The van der Waals surface area contributed by atoms with E-state index < -0.39 is 17.9 Å². The molecule has 10 heteroatoms. The van der Waals surface area contributed by atoms with Gasteiger partial charge < -0.3 is 14.5 Å². The van der Waals surface area contributed by atoms with E-state index in [0.29, 0.717) is 39.3 Å². The highest BCUT2D eigenvalue weighted by atomic mass is 19.4. The van der Waals surface area contributed by atoms with Gasteiger partial charge in [-0.2, -0.15) is 0 Å². The minimum Gasteiger partial charge on any atom is -0.404 e. The van der Waals surface area contributed by atoms with Gasteiger partial charge in [0.15, 0.2) is 5.75 Å². The summed E-state index contributed by atoms with van der Waals surface area (Å²) in [6, 6.07) is 14.6. The highest BCUT2D eigenvalue weighted by molar-refractivity contribution is 5.96. The molecule has 0 N–H and O–H groups in total. The van der Waals surface area contributed by atoms with E-state index in [2.05, 4.69) is 14.6 Å². The Morgan fingerprint density at radius 1 is 0.973 bits per heavy atom. The third-order valence-corrected chi connectivity index (χ3v) is 6.37. The molecule has 0 aliphatic carbocycles. The maximum Gasteiger partial charge on any atom is 0.573 e. The lowest BCUT2D eigenvalue weighted by Gasteiger charge is -2.35. The molecule has 6 nitrogen and oxygen atoms in total. The third kappa shape index (κ3) is 5.75. The standard InChI is InChI=1S/C27H24F4N4O2/c28-21-8-9-22(32-17-21)18-33-12-14-34(15-13-33)26(36)20-7-10-24(25(16-20)37-27(29,30)31)35-11-3-5-19-4-1-2-6-23(19)35/h1-10,16-17H,11-15,18H2. The molecule has 1 saturated heterocycles. The van der Waals surface area contributed by atoms with Crippen molar-refractivity contribution in [2.24, 2.45) is 0 Å². The fourth-order valence-electron chi connectivity index (χ4n) is 4.58. The monoisotopic (exact) mass is 512 g/mol. The molecular formula is C27H24F4N4O2. The van der Waals surface area contributed by atoms with Crippen molar-refractivity contribution in [3.63, 3.8) is 0 Å². The number of pyridine rings is 1. The first-order valence-electron chi connectivity index (χ1n) is 11.8. The quantitative estimate of drug-likeness (QED) is 0.438. The number of hydrogen-bond donors (Lipinski definition) is 0. The van der Waals surface area contributed by atoms with Crippen molar-refractivity contribution in [2.75, 3.05) is 37.6 Å². The number of alkyl halides is 3. The van der Waals surface area contributed by atoms with Crippen molar-refractivity contribution in [1.29, 1.82) is 0 Å². The van der Waals surface area contributed by atoms with Crippen molar-refractivity contribution < 1.29 is 27.1 Å². The Balaban J connectivity index is 1.33. The number of benzene rings is 2. The van der Waals surface area contributed by atoms with Crippen molar-refractivity contribution in [1.82, 2.24) is 14.8 Å². The largest absolute Gasteiger partial charge is 0.573 e. The number of ether oxygens (including phenoxy) is 1. The van der Waals surface area contributed by atoms with Crippen LogP contribution in [0.25, 0.3) is 6.08 Å². The van der Waals surface area contributed by atoms with Crippen molar-refractivity contribution in [2.45, 2.75) is 12.9 Å². The van der Waals surface area contributed by atoms with Crippen LogP contribution < -0.4 is 9.64 Å². The van der Waals surface area contributed by atoms with Gasteiger partial charge >= 0.3 is 6.36 Å². The molecule has 37 heavy (non-hydrogen) atoms. The summed E-state index contributed by atoms with van der Waals surface area (Å²) in [6.07, 6.45) is 0.0270. The molecule has 0 spiro atoms. The van der Waals surface area contributed by atoms with Crippen LogP contribution in [0.4, 0.5) is 28.9 Å². The number of amides is 1. The first kappa shape index (κ1) is 24.8. The van der Waals surface area contributed by atoms with Gasteiger partial charge in [0.1, 0.15) is 5.82 Å². The van der Waals surface area contributed by atoms with Crippen LogP contribution in [0, 0.1) is 5.82 Å². The number of carbonyl (C=O) groups excluding carboxylic acids is 1. The number of para-hydroxylation sites is 1. The summed E-state index contributed by atoms with van der Waals surface area (Å²) in [6.45, 7) is 2.82. The zero-order valence-corrected chi connectivity index (χ0v) is 19.8. The highest BCUT2D eigenvalue weighted by Crippen LogP contribution is 2.40. The number of rotatable bonds is 5. The normalized spacial score (nSPS) is 16.0. The molecule has 192 valence electrons. The van der Waals surface area contributed by atoms with Crippen molar-refractivity contribution in [3.05, 3.63) is 89.5 Å². The van der Waals surface area contributed by atoms with Gasteiger partial charge in [-0.05, 0) is 42.0 Å². The summed E-state index contributed by atoms with van der Waals surface area (Å²) in [5.41, 5.74) is 2.70. The number of anilines is 2. The summed E-state index contributed by atoms with van der Waals surface area (Å²) in [7, 11) is 0. The van der Waals surface area contributed by atoms with Crippen LogP contribution in [-0.2, 0) is 6.54 Å². The first-order valence-corrected chi connectivity index (χ1v) is 11.8. The van der Waals surface area contributed by atoms with Gasteiger partial charge in [0.2, 0.25) is 0 Å². The van der Waals surface area contributed by atoms with Crippen LogP contribution in [-0.4, -0.2) is 59.8 Å². The summed E-state index contributed by atoms with van der Waals surface area (Å²) in [5, 5.41) is 0. The summed E-state index contributed by atoms with van der Waals surface area (Å²) < 4.78 is 57.5. The molecule has 0 radical (unpaired) electrons. The average Bonchev–Trinajstić information content (AvgIpc) is 2.89. The number of carbonyl (C=O) groups is 1. The molecule has 1 amide bonds. The zero-order valence-electron chi connectivity index (χ0n) is 19.8. The van der Waals surface area contributed by atoms with Crippen LogP contribution in [0.1, 0.15) is 21.6 Å². The van der Waals surface area contributed by atoms with Gasteiger partial charge in [-0.15, -0.1) is 13.2 Å². The Morgan fingerprint density at radius 3 is 2.49 bits per heavy atom. The third-order valence-electron chi connectivity index (χ3n) is 6.37. The second-order valence-corrected chi connectivity index (χ2v) is 8.84. The molecule has 3 heterocycles. The molecule has 1 aromatic heterocycles. The highest BCUT2D eigenvalue weighted by Gasteiger charge is 2.34. The minimum atomic E-state index is -4.92. The molecule has 0 saturated carbocycles. The predicted molar refractivity (Wildman–Crippen MR) is 131 cm³/mol. The van der Waals surface area contributed by atoms with E-state index in [-0.39, 0.29) is 17.2 Å². The Bertz CT molecular complexity index is 1300. The fourth-order valence-corrected chi connectivity index (χ4v) is 4.58. The van der Waals surface area contributed by atoms with Crippen molar-refractivity contribution in [3.8, 4) is 5.75 Å². The van der Waals surface area contributed by atoms with E-state index in [0.717, 1.165) is 23.1 Å². The smallest absolute Gasteiger partial charge is 0.404 e. The van der Waals surface area contributed by atoms with Crippen LogP contribution in [0.15, 0.2) is 66.9 Å². The Kier molecular flexibility index (Phi) is 6.84. The lowest BCUT2D eigenvalue weighted by molar-refractivity contribution is -0.274. The zero-order chi connectivity index (χ0) is 26.0. The second-order valence-electron chi connectivity index (χ2n) is 8.84. The minimum absolute atomic E-state index is 0.123. The molecule has 3 aromatic rings. The van der Waals surface area contributed by atoms with Crippen molar-refractivity contribution >= 4 is 23.4 Å². The summed E-state index contributed by atoms with van der Waals surface area (Å²) >= 11 is 0. The molecule has 2 aliphatic heterocycles. The molecule has 2 aliphatic rings. The molecule has 2 aromatic carbocycles. The summed E-state index contributed by atoms with van der Waals surface area (Å²) in [5.74, 6) is -1.19. The van der Waals surface area contributed by atoms with Crippen LogP contribution in [0.5, 0.6) is 5.75 Å². The molecule has 0 bridgehead atoms. The van der Waals surface area contributed by atoms with E-state index in [1.165, 1.54) is 24.3 Å². The number of aromatic nitrogens is 1. The SMILES string of the molecule is O=C(c1ccc(N2CC=Cc3ccccc32)c(OC(F)(F)F)c1)N1CCN(Cc2ccc(F)cn2)CC1. The van der Waals surface area contributed by atoms with Crippen LogP contribution in [0.3, 0.4) is 0 Å². The number of piperazine rings is 1. The molecule has 0 atom stereocenters. The predicted octanol–water partition coefficient (Wildman–Crippen LogP) is 5.24. The topological polar surface area (TPSA) is 48.9 Å². The van der Waals surface area contributed by atoms with Gasteiger partial charge in [0.25, 0.3) is 5.91 Å². The number of nitrogens with zero attached hydrogens (tertiary/aromatic N) is 4. The lowest BCUT2D eigenvalue weighted by atomic mass is 10.1. The number of halogens is 4. The van der Waals surface area contributed by atoms with Crippen LogP contribution in [0.2, 0.25) is 0 Å². The Labute approximate surface area is 211 Å². The molecule has 1 fully saturated rings. The Hall–Kier alpha value is -3.92. The summed E-state index contributed by atoms with van der Waals surface area (Å²) in [4.78, 5) is 22.7. The average molecular weight is 513 g/mol. The Morgan fingerprint density at radius 2 is 1.76 bits per heavy atom. The van der Waals surface area contributed by atoms with Gasteiger partial charge in [0, 0.05) is 50.5 Å². The van der Waals surface area contributed by atoms with Gasteiger partial charge in [-0.1, -0.05) is 30.4 Å². The lowest BCUT2D eigenvalue weighted by Crippen LogP contribution is -2.48. The maximum atomic E-state index is 13.3. The first-order chi connectivity index (χ1) is 17.8. The fraction of sp³-hybridized carbons (Fsp3) is 0.259. The van der Waals surface area contributed by atoms with E-state index >= 15 is 0 Å².